The maximum absolute atomic E-state index is 11.2. The second kappa shape index (κ2) is 4.20. The van der Waals surface area contributed by atoms with Crippen molar-refractivity contribution >= 4 is 19.9 Å². The first-order chi connectivity index (χ1) is 6.79. The fourth-order valence-electron chi connectivity index (χ4n) is 0.755. The number of sulfonamides is 1. The zero-order valence-electron chi connectivity index (χ0n) is 7.71. The summed E-state index contributed by atoms with van der Waals surface area (Å²) in [5.41, 5.74) is 0. The van der Waals surface area contributed by atoms with E-state index in [0.29, 0.717) is 0 Å². The largest absolute Gasteiger partial charge is 0.228 e. The van der Waals surface area contributed by atoms with E-state index in [9.17, 15) is 16.8 Å². The van der Waals surface area contributed by atoms with Crippen molar-refractivity contribution < 1.29 is 16.8 Å². The fraction of sp³-hybridized carbons (Fsp3) is 0.750. The highest BCUT2D eigenvalue weighted by Crippen LogP contribution is 1.93. The molecule has 0 amide bonds. The first-order valence-electron chi connectivity index (χ1n) is 3.66. The predicted molar refractivity (Wildman–Crippen MR) is 49.6 cm³/mol. The molecule has 1 aromatic heterocycles. The molecule has 15 heavy (non-hydrogen) atoms. The Morgan fingerprint density at radius 1 is 1.33 bits per heavy atom. The van der Waals surface area contributed by atoms with Gasteiger partial charge in [0.25, 0.3) is 0 Å². The minimum absolute atomic E-state index is 0.132. The van der Waals surface area contributed by atoms with Crippen LogP contribution in [0, 0.1) is 0 Å². The van der Waals surface area contributed by atoms with Crippen LogP contribution in [-0.4, -0.2) is 48.8 Å². The van der Waals surface area contributed by atoms with Gasteiger partial charge in [0, 0.05) is 6.26 Å². The molecule has 0 aliphatic rings. The van der Waals surface area contributed by atoms with Crippen LogP contribution in [0.15, 0.2) is 0 Å². The average molecular weight is 255 g/mol. The Balaban J connectivity index is 2.59. The van der Waals surface area contributed by atoms with Gasteiger partial charge in [-0.15, -0.1) is 10.2 Å². The number of aromatic amines is 1. The third-order valence-electron chi connectivity index (χ3n) is 1.21. The standard InChI is InChI=1S/C4H9N5O4S2/c1-14(10,11)3-15(12,13)5-2-4-6-8-9-7-4/h5H,2-3H2,1H3,(H,6,7,8,9). The molecule has 0 bridgehead atoms. The normalized spacial score (nSPS) is 12.9. The van der Waals surface area contributed by atoms with Crippen LogP contribution in [0.25, 0.3) is 0 Å². The quantitative estimate of drug-likeness (QED) is 0.599. The monoisotopic (exact) mass is 255 g/mol. The molecule has 0 fully saturated rings. The lowest BCUT2D eigenvalue weighted by atomic mass is 10.7. The maximum Gasteiger partial charge on any atom is 0.226 e. The lowest BCUT2D eigenvalue weighted by molar-refractivity contribution is 0.579. The van der Waals surface area contributed by atoms with Crippen LogP contribution in [0.4, 0.5) is 0 Å². The predicted octanol–water partition coefficient (Wildman–Crippen LogP) is -2.38. The Morgan fingerprint density at radius 3 is 2.47 bits per heavy atom. The molecule has 0 saturated carbocycles. The molecule has 0 aliphatic heterocycles. The summed E-state index contributed by atoms with van der Waals surface area (Å²) in [6.07, 6.45) is 0.834. The number of sulfone groups is 1. The number of rotatable bonds is 5. The molecule has 0 saturated heterocycles. The minimum atomic E-state index is -3.87. The molecule has 86 valence electrons. The lowest BCUT2D eigenvalue weighted by Crippen LogP contribution is -2.29. The van der Waals surface area contributed by atoms with E-state index in [1.165, 1.54) is 0 Å². The van der Waals surface area contributed by atoms with E-state index in [4.69, 9.17) is 0 Å². The van der Waals surface area contributed by atoms with Gasteiger partial charge in [0.1, 0.15) is 0 Å². The molecular formula is C4H9N5O4S2. The molecule has 0 aliphatic carbocycles. The summed E-state index contributed by atoms with van der Waals surface area (Å²) >= 11 is 0. The van der Waals surface area contributed by atoms with Crippen molar-refractivity contribution in [1.29, 1.82) is 0 Å². The van der Waals surface area contributed by atoms with E-state index in [-0.39, 0.29) is 12.4 Å². The average Bonchev–Trinajstić information content (AvgIpc) is 2.47. The molecular weight excluding hydrogens is 246 g/mol. The summed E-state index contributed by atoms with van der Waals surface area (Å²) in [4.78, 5) is 0. The van der Waals surface area contributed by atoms with Gasteiger partial charge in [-0.3, -0.25) is 0 Å². The Labute approximate surface area is 86.2 Å². The van der Waals surface area contributed by atoms with Gasteiger partial charge < -0.3 is 0 Å². The highest BCUT2D eigenvalue weighted by Gasteiger charge is 2.18. The van der Waals surface area contributed by atoms with E-state index in [1.807, 2.05) is 4.72 Å². The second-order valence-electron chi connectivity index (χ2n) is 2.81. The number of H-pyrrole nitrogens is 1. The smallest absolute Gasteiger partial charge is 0.226 e. The summed E-state index contributed by atoms with van der Waals surface area (Å²) in [7, 11) is -7.46. The Hall–Kier alpha value is -1.07. The summed E-state index contributed by atoms with van der Waals surface area (Å²) in [5.74, 6) is 0.132. The number of tetrazole rings is 1. The van der Waals surface area contributed by atoms with Gasteiger partial charge in [-0.05, 0) is 0 Å². The van der Waals surface area contributed by atoms with Crippen LogP contribution < -0.4 is 4.72 Å². The molecule has 0 unspecified atom stereocenters. The lowest BCUT2D eigenvalue weighted by Gasteiger charge is -2.02. The van der Waals surface area contributed by atoms with Gasteiger partial charge in [0.05, 0.1) is 6.54 Å². The van der Waals surface area contributed by atoms with Crippen molar-refractivity contribution in [3.63, 3.8) is 0 Å². The molecule has 0 radical (unpaired) electrons. The van der Waals surface area contributed by atoms with Crippen LogP contribution in [0.1, 0.15) is 5.82 Å². The molecule has 1 heterocycles. The van der Waals surface area contributed by atoms with Crippen LogP contribution >= 0.6 is 0 Å². The summed E-state index contributed by atoms with van der Waals surface area (Å²) in [6.45, 7) is -0.200. The van der Waals surface area contributed by atoms with Gasteiger partial charge in [-0.2, -0.15) is 5.21 Å². The van der Waals surface area contributed by atoms with Gasteiger partial charge in [0.2, 0.25) is 10.0 Å². The number of aromatic nitrogens is 4. The highest BCUT2D eigenvalue weighted by molar-refractivity contribution is 8.06. The SMILES string of the molecule is CS(=O)(=O)CS(=O)(=O)NCc1nn[nH]n1. The summed E-state index contributed by atoms with van der Waals surface area (Å²) < 4.78 is 45.8. The zero-order chi connectivity index (χ0) is 11.5. The molecule has 0 spiro atoms. The van der Waals surface area contributed by atoms with E-state index in [2.05, 4.69) is 20.6 Å². The third-order valence-corrected chi connectivity index (χ3v) is 4.75. The molecule has 0 aromatic carbocycles. The number of hydrogen-bond donors (Lipinski definition) is 2. The van der Waals surface area contributed by atoms with Crippen molar-refractivity contribution in [2.75, 3.05) is 11.3 Å². The van der Waals surface area contributed by atoms with E-state index in [1.54, 1.807) is 0 Å². The van der Waals surface area contributed by atoms with Crippen LogP contribution in [0.2, 0.25) is 0 Å². The number of hydrogen-bond acceptors (Lipinski definition) is 7. The van der Waals surface area contributed by atoms with Crippen molar-refractivity contribution in [2.45, 2.75) is 6.54 Å². The highest BCUT2D eigenvalue weighted by atomic mass is 32.3. The minimum Gasteiger partial charge on any atom is -0.228 e. The molecule has 1 aromatic rings. The maximum atomic E-state index is 11.2. The second-order valence-corrected chi connectivity index (χ2v) is 7.12. The van der Waals surface area contributed by atoms with Crippen molar-refractivity contribution in [2.24, 2.45) is 0 Å². The van der Waals surface area contributed by atoms with Gasteiger partial charge in [-0.25, -0.2) is 21.6 Å². The summed E-state index contributed by atoms with van der Waals surface area (Å²) in [6, 6.07) is 0. The fourth-order valence-corrected chi connectivity index (χ4v) is 3.69. The molecule has 11 heteroatoms. The molecule has 1 rings (SSSR count). The van der Waals surface area contributed by atoms with E-state index < -0.39 is 24.9 Å². The van der Waals surface area contributed by atoms with Gasteiger partial charge in [0.15, 0.2) is 20.7 Å². The Bertz CT molecular complexity index is 503. The zero-order valence-corrected chi connectivity index (χ0v) is 9.34. The van der Waals surface area contributed by atoms with Crippen molar-refractivity contribution in [1.82, 2.24) is 25.3 Å². The van der Waals surface area contributed by atoms with Crippen LogP contribution in [-0.2, 0) is 26.4 Å². The topological polar surface area (TPSA) is 135 Å². The van der Waals surface area contributed by atoms with Crippen molar-refractivity contribution in [3.8, 4) is 0 Å². The first kappa shape index (κ1) is 12.0. The van der Waals surface area contributed by atoms with Crippen LogP contribution in [0.3, 0.4) is 0 Å². The van der Waals surface area contributed by atoms with E-state index in [0.717, 1.165) is 6.26 Å². The Kier molecular flexibility index (Phi) is 3.36. The van der Waals surface area contributed by atoms with Crippen LogP contribution in [0.5, 0.6) is 0 Å². The Morgan fingerprint density at radius 2 is 2.00 bits per heavy atom. The number of nitrogens with one attached hydrogen (secondary N) is 2. The number of nitrogens with zero attached hydrogens (tertiary/aromatic N) is 3. The van der Waals surface area contributed by atoms with Gasteiger partial charge in [-0.1, -0.05) is 5.21 Å². The van der Waals surface area contributed by atoms with Crippen molar-refractivity contribution in [3.05, 3.63) is 5.82 Å². The molecule has 9 nitrogen and oxygen atoms in total. The molecule has 2 N–H and O–H groups in total. The third kappa shape index (κ3) is 4.80. The first-order valence-corrected chi connectivity index (χ1v) is 7.37. The summed E-state index contributed by atoms with van der Waals surface area (Å²) in [5, 5.41) is 11.4. The van der Waals surface area contributed by atoms with E-state index >= 15 is 0 Å². The molecule has 0 atom stereocenters. The van der Waals surface area contributed by atoms with Gasteiger partial charge >= 0.3 is 0 Å².